The van der Waals surface area contributed by atoms with Crippen molar-refractivity contribution in [2.24, 2.45) is 0 Å². The monoisotopic (exact) mass is 203 g/mol. The van der Waals surface area contributed by atoms with Crippen LogP contribution in [0.3, 0.4) is 0 Å². The maximum absolute atomic E-state index is 11.1. The zero-order valence-electron chi connectivity index (χ0n) is 9.55. The van der Waals surface area contributed by atoms with Gasteiger partial charge in [-0.2, -0.15) is 0 Å². The summed E-state index contributed by atoms with van der Waals surface area (Å²) < 4.78 is 9.83. The predicted octanol–water partition coefficient (Wildman–Crippen LogP) is 1.94. The highest BCUT2D eigenvalue weighted by atomic mass is 16.5. The van der Waals surface area contributed by atoms with Crippen molar-refractivity contribution >= 4 is 6.09 Å². The third-order valence-corrected chi connectivity index (χ3v) is 1.45. The molecule has 0 bridgehead atoms. The van der Waals surface area contributed by atoms with Gasteiger partial charge in [0.2, 0.25) is 0 Å². The predicted molar refractivity (Wildman–Crippen MR) is 55.3 cm³/mol. The zero-order valence-corrected chi connectivity index (χ0v) is 9.55. The van der Waals surface area contributed by atoms with Gasteiger partial charge in [-0.25, -0.2) is 4.79 Å². The van der Waals surface area contributed by atoms with Crippen LogP contribution in [-0.2, 0) is 9.47 Å². The summed E-state index contributed by atoms with van der Waals surface area (Å²) in [5.41, 5.74) is -0.233. The van der Waals surface area contributed by atoms with Crippen LogP contribution < -0.4 is 5.32 Å². The Kier molecular flexibility index (Phi) is 6.28. The van der Waals surface area contributed by atoms with E-state index >= 15 is 0 Å². The molecule has 0 aliphatic carbocycles. The minimum absolute atomic E-state index is 0.233. The van der Waals surface area contributed by atoms with Gasteiger partial charge in [-0.15, -0.1) is 0 Å². The molecule has 0 aliphatic heterocycles. The summed E-state index contributed by atoms with van der Waals surface area (Å²) in [6.07, 6.45) is 1.40. The van der Waals surface area contributed by atoms with Crippen molar-refractivity contribution in [1.82, 2.24) is 5.32 Å². The molecule has 0 aromatic carbocycles. The second-order valence-electron chi connectivity index (χ2n) is 4.21. The fraction of sp³-hybridized carbons (Fsp3) is 0.900. The number of methoxy groups -OCH3 is 1. The smallest absolute Gasteiger partial charge is 0.407 e. The highest BCUT2D eigenvalue weighted by Gasteiger charge is 2.13. The second-order valence-corrected chi connectivity index (χ2v) is 4.21. The quantitative estimate of drug-likeness (QED) is 0.695. The van der Waals surface area contributed by atoms with Crippen molar-refractivity contribution < 1.29 is 14.3 Å². The van der Waals surface area contributed by atoms with E-state index in [0.717, 1.165) is 12.8 Å². The molecule has 1 N–H and O–H groups in total. The van der Waals surface area contributed by atoms with Gasteiger partial charge in [0.25, 0.3) is 0 Å². The van der Waals surface area contributed by atoms with Gasteiger partial charge in [0, 0.05) is 19.3 Å². The summed E-state index contributed by atoms with van der Waals surface area (Å²) >= 11 is 0. The molecule has 0 aromatic heterocycles. The number of amides is 1. The number of carbonyl (C=O) groups is 1. The summed E-state index contributed by atoms with van der Waals surface area (Å²) in [5, 5.41) is 2.72. The number of carbonyl (C=O) groups excluding carboxylic acids is 1. The Morgan fingerprint density at radius 1 is 1.21 bits per heavy atom. The summed E-state index contributed by atoms with van der Waals surface area (Å²) in [5.74, 6) is 0. The summed E-state index contributed by atoms with van der Waals surface area (Å²) in [6, 6.07) is 0. The molecule has 84 valence electrons. The van der Waals surface area contributed by atoms with Crippen molar-refractivity contribution in [2.75, 3.05) is 20.3 Å². The largest absolute Gasteiger partial charge is 0.450 e. The Hall–Kier alpha value is -0.770. The van der Waals surface area contributed by atoms with Gasteiger partial charge in [-0.3, -0.25) is 0 Å². The van der Waals surface area contributed by atoms with Crippen LogP contribution in [0.25, 0.3) is 0 Å². The number of nitrogens with one attached hydrogen (secondary N) is 1. The molecule has 0 saturated carbocycles. The Balaban J connectivity index is 3.36. The highest BCUT2D eigenvalue weighted by Crippen LogP contribution is 1.99. The first-order valence-electron chi connectivity index (χ1n) is 4.89. The molecule has 0 aromatic rings. The van der Waals surface area contributed by atoms with Gasteiger partial charge >= 0.3 is 6.09 Å². The van der Waals surface area contributed by atoms with Crippen LogP contribution in [0.2, 0.25) is 0 Å². The average molecular weight is 203 g/mol. The molecule has 0 radical (unpaired) electrons. The van der Waals surface area contributed by atoms with E-state index in [1.165, 1.54) is 0 Å². The second kappa shape index (κ2) is 6.65. The third kappa shape index (κ3) is 9.32. The van der Waals surface area contributed by atoms with Crippen molar-refractivity contribution in [3.63, 3.8) is 0 Å². The molecule has 0 spiro atoms. The molecule has 0 fully saturated rings. The molecular formula is C10H21NO3. The molecule has 4 nitrogen and oxygen atoms in total. The van der Waals surface area contributed by atoms with E-state index in [2.05, 4.69) is 5.32 Å². The van der Waals surface area contributed by atoms with Gasteiger partial charge in [-0.05, 0) is 33.6 Å². The third-order valence-electron chi connectivity index (χ3n) is 1.45. The van der Waals surface area contributed by atoms with Gasteiger partial charge in [0.1, 0.15) is 0 Å². The summed E-state index contributed by atoms with van der Waals surface area (Å²) in [7, 11) is 1.66. The van der Waals surface area contributed by atoms with E-state index < -0.39 is 0 Å². The molecule has 1 amide bonds. The lowest BCUT2D eigenvalue weighted by Gasteiger charge is -2.19. The molecular weight excluding hydrogens is 182 g/mol. The Bertz CT molecular complexity index is 163. The Morgan fingerprint density at radius 3 is 2.29 bits per heavy atom. The fourth-order valence-corrected chi connectivity index (χ4v) is 0.856. The first-order valence-corrected chi connectivity index (χ1v) is 4.89. The lowest BCUT2D eigenvalue weighted by atomic mass is 10.1. The Labute approximate surface area is 86.0 Å². The topological polar surface area (TPSA) is 47.6 Å². The summed E-state index contributed by atoms with van der Waals surface area (Å²) in [6.45, 7) is 6.91. The maximum atomic E-state index is 11.1. The van der Waals surface area contributed by atoms with Crippen LogP contribution in [0.4, 0.5) is 4.79 Å². The number of ether oxygens (including phenoxy) is 2. The van der Waals surface area contributed by atoms with Crippen molar-refractivity contribution in [3.05, 3.63) is 0 Å². The van der Waals surface area contributed by atoms with Gasteiger partial charge in [-0.1, -0.05) is 0 Å². The SMILES string of the molecule is COCCCCOC(=O)NC(C)(C)C. The van der Waals surface area contributed by atoms with E-state index in [0.29, 0.717) is 13.2 Å². The van der Waals surface area contributed by atoms with Gasteiger partial charge in [0.05, 0.1) is 6.61 Å². The van der Waals surface area contributed by atoms with Gasteiger partial charge in [0.15, 0.2) is 0 Å². The van der Waals surface area contributed by atoms with Gasteiger partial charge < -0.3 is 14.8 Å². The minimum atomic E-state index is -0.352. The van der Waals surface area contributed by atoms with Crippen LogP contribution >= 0.6 is 0 Å². The normalized spacial score (nSPS) is 11.1. The van der Waals surface area contributed by atoms with Crippen LogP contribution in [0, 0.1) is 0 Å². The highest BCUT2D eigenvalue weighted by molar-refractivity contribution is 5.67. The number of rotatable bonds is 5. The lowest BCUT2D eigenvalue weighted by Crippen LogP contribution is -2.41. The van der Waals surface area contributed by atoms with Crippen LogP contribution in [0.5, 0.6) is 0 Å². The fourth-order valence-electron chi connectivity index (χ4n) is 0.856. The van der Waals surface area contributed by atoms with Crippen molar-refractivity contribution in [1.29, 1.82) is 0 Å². The van der Waals surface area contributed by atoms with E-state index in [1.54, 1.807) is 7.11 Å². The molecule has 0 atom stereocenters. The van der Waals surface area contributed by atoms with E-state index in [9.17, 15) is 4.79 Å². The lowest BCUT2D eigenvalue weighted by molar-refractivity contribution is 0.129. The first-order chi connectivity index (χ1) is 6.45. The Morgan fingerprint density at radius 2 is 1.79 bits per heavy atom. The molecule has 0 aliphatic rings. The number of hydrogen-bond acceptors (Lipinski definition) is 3. The molecule has 0 saturated heterocycles. The average Bonchev–Trinajstić information content (AvgIpc) is 2.00. The van der Waals surface area contributed by atoms with Crippen LogP contribution in [0.15, 0.2) is 0 Å². The van der Waals surface area contributed by atoms with E-state index in [-0.39, 0.29) is 11.6 Å². The van der Waals surface area contributed by atoms with Crippen LogP contribution in [-0.4, -0.2) is 32.0 Å². The standard InChI is InChI=1S/C10H21NO3/c1-10(2,3)11-9(12)14-8-6-5-7-13-4/h5-8H2,1-4H3,(H,11,12). The molecule has 14 heavy (non-hydrogen) atoms. The number of alkyl carbamates (subject to hydrolysis) is 1. The number of unbranched alkanes of at least 4 members (excludes halogenated alkanes) is 1. The number of hydrogen-bond donors (Lipinski definition) is 1. The summed E-state index contributed by atoms with van der Waals surface area (Å²) in [4.78, 5) is 11.1. The maximum Gasteiger partial charge on any atom is 0.407 e. The molecule has 4 heteroatoms. The van der Waals surface area contributed by atoms with E-state index in [1.807, 2.05) is 20.8 Å². The van der Waals surface area contributed by atoms with E-state index in [4.69, 9.17) is 9.47 Å². The molecule has 0 heterocycles. The van der Waals surface area contributed by atoms with Crippen molar-refractivity contribution in [2.45, 2.75) is 39.2 Å². The first kappa shape index (κ1) is 13.2. The van der Waals surface area contributed by atoms with Crippen molar-refractivity contribution in [3.8, 4) is 0 Å². The zero-order chi connectivity index (χ0) is 11.0. The molecule has 0 rings (SSSR count). The van der Waals surface area contributed by atoms with Crippen LogP contribution in [0.1, 0.15) is 33.6 Å². The minimum Gasteiger partial charge on any atom is -0.450 e. The molecule has 0 unspecified atom stereocenters.